The number of benzene rings is 2. The van der Waals surface area contributed by atoms with Crippen LogP contribution in [-0.2, 0) is 11.3 Å². The number of hydrogen-bond acceptors (Lipinski definition) is 4. The Bertz CT molecular complexity index is 959. The van der Waals surface area contributed by atoms with Crippen LogP contribution in [0.5, 0.6) is 0 Å². The molecule has 0 saturated heterocycles. The second-order valence-electron chi connectivity index (χ2n) is 6.25. The standard InChI is InChI=1S/C22H21NO4/c1-15-20(22(25)26-3)13-17(27-15)14-23(2)21(24)19-12-8-7-11-18(19)16-9-5-4-6-10-16/h4-13H,14H2,1-3H3. The fourth-order valence-electron chi connectivity index (χ4n) is 2.98. The van der Waals surface area contributed by atoms with E-state index in [0.29, 0.717) is 22.6 Å². The molecule has 5 heteroatoms. The molecule has 5 nitrogen and oxygen atoms in total. The van der Waals surface area contributed by atoms with Crippen molar-refractivity contribution in [1.82, 2.24) is 4.90 Å². The summed E-state index contributed by atoms with van der Waals surface area (Å²) < 4.78 is 10.4. The zero-order chi connectivity index (χ0) is 19.4. The van der Waals surface area contributed by atoms with Gasteiger partial charge in [0.15, 0.2) is 0 Å². The minimum atomic E-state index is -0.453. The van der Waals surface area contributed by atoms with Gasteiger partial charge in [0.25, 0.3) is 5.91 Å². The van der Waals surface area contributed by atoms with Crippen LogP contribution < -0.4 is 0 Å². The minimum absolute atomic E-state index is 0.122. The largest absolute Gasteiger partial charge is 0.465 e. The molecule has 138 valence electrons. The number of methoxy groups -OCH3 is 1. The van der Waals surface area contributed by atoms with E-state index < -0.39 is 5.97 Å². The smallest absolute Gasteiger partial charge is 0.341 e. The lowest BCUT2D eigenvalue weighted by Gasteiger charge is -2.18. The Balaban J connectivity index is 1.84. The zero-order valence-corrected chi connectivity index (χ0v) is 15.6. The van der Waals surface area contributed by atoms with E-state index in [0.717, 1.165) is 11.1 Å². The third-order valence-electron chi connectivity index (χ3n) is 4.36. The van der Waals surface area contributed by atoms with E-state index in [9.17, 15) is 9.59 Å². The molecule has 0 aliphatic heterocycles. The Morgan fingerprint density at radius 3 is 2.37 bits per heavy atom. The lowest BCUT2D eigenvalue weighted by atomic mass is 9.99. The van der Waals surface area contributed by atoms with Gasteiger partial charge in [-0.2, -0.15) is 0 Å². The van der Waals surface area contributed by atoms with Crippen LogP contribution in [-0.4, -0.2) is 30.9 Å². The third-order valence-corrected chi connectivity index (χ3v) is 4.36. The van der Waals surface area contributed by atoms with Crippen LogP contribution in [0.3, 0.4) is 0 Å². The highest BCUT2D eigenvalue weighted by atomic mass is 16.5. The average molecular weight is 363 g/mol. The average Bonchev–Trinajstić information content (AvgIpc) is 3.07. The second-order valence-corrected chi connectivity index (χ2v) is 6.25. The monoisotopic (exact) mass is 363 g/mol. The maximum atomic E-state index is 13.0. The van der Waals surface area contributed by atoms with Crippen LogP contribution in [0.2, 0.25) is 0 Å². The van der Waals surface area contributed by atoms with E-state index in [4.69, 9.17) is 9.15 Å². The minimum Gasteiger partial charge on any atom is -0.465 e. The van der Waals surface area contributed by atoms with Gasteiger partial charge in [0.1, 0.15) is 17.1 Å². The van der Waals surface area contributed by atoms with Crippen molar-refractivity contribution in [1.29, 1.82) is 0 Å². The molecule has 3 rings (SSSR count). The van der Waals surface area contributed by atoms with E-state index in [-0.39, 0.29) is 12.5 Å². The number of hydrogen-bond donors (Lipinski definition) is 0. The summed E-state index contributed by atoms with van der Waals surface area (Å²) in [6, 6.07) is 18.9. The summed E-state index contributed by atoms with van der Waals surface area (Å²) in [5.74, 6) is 0.428. The van der Waals surface area contributed by atoms with Gasteiger partial charge in [-0.25, -0.2) is 4.79 Å². The molecule has 0 atom stereocenters. The summed E-state index contributed by atoms with van der Waals surface area (Å²) in [6.45, 7) is 1.95. The number of amides is 1. The quantitative estimate of drug-likeness (QED) is 0.634. The van der Waals surface area contributed by atoms with Gasteiger partial charge >= 0.3 is 5.97 Å². The van der Waals surface area contributed by atoms with Crippen molar-refractivity contribution in [2.75, 3.05) is 14.2 Å². The topological polar surface area (TPSA) is 59.8 Å². The van der Waals surface area contributed by atoms with E-state index in [1.165, 1.54) is 7.11 Å². The Morgan fingerprint density at radius 1 is 1.00 bits per heavy atom. The van der Waals surface area contributed by atoms with Crippen molar-refractivity contribution in [2.24, 2.45) is 0 Å². The molecule has 3 aromatic rings. The highest BCUT2D eigenvalue weighted by molar-refractivity contribution is 6.00. The first-order valence-corrected chi connectivity index (χ1v) is 8.58. The Kier molecular flexibility index (Phi) is 5.41. The van der Waals surface area contributed by atoms with E-state index >= 15 is 0 Å². The Labute approximate surface area is 158 Å². The second kappa shape index (κ2) is 7.91. The summed E-state index contributed by atoms with van der Waals surface area (Å²) in [6.07, 6.45) is 0. The van der Waals surface area contributed by atoms with E-state index in [2.05, 4.69) is 0 Å². The van der Waals surface area contributed by atoms with Crippen LogP contribution >= 0.6 is 0 Å². The molecule has 27 heavy (non-hydrogen) atoms. The lowest BCUT2D eigenvalue weighted by molar-refractivity contribution is 0.0598. The van der Waals surface area contributed by atoms with Gasteiger partial charge in [-0.1, -0.05) is 48.5 Å². The van der Waals surface area contributed by atoms with Crippen molar-refractivity contribution in [3.63, 3.8) is 0 Å². The number of rotatable bonds is 5. The maximum absolute atomic E-state index is 13.0. The molecule has 0 N–H and O–H groups in total. The van der Waals surface area contributed by atoms with Gasteiger partial charge in [0, 0.05) is 12.6 Å². The molecule has 1 aromatic heterocycles. The summed E-state index contributed by atoms with van der Waals surface area (Å²) in [5.41, 5.74) is 2.85. The molecule has 0 radical (unpaired) electrons. The Morgan fingerprint density at radius 2 is 1.67 bits per heavy atom. The fraction of sp³-hybridized carbons (Fsp3) is 0.182. The van der Waals surface area contributed by atoms with E-state index in [1.807, 2.05) is 54.6 Å². The molecule has 0 aliphatic carbocycles. The van der Waals surface area contributed by atoms with Crippen LogP contribution in [0.4, 0.5) is 0 Å². The third kappa shape index (κ3) is 3.92. The summed E-state index contributed by atoms with van der Waals surface area (Å²) >= 11 is 0. The molecule has 1 heterocycles. The molecule has 0 aliphatic rings. The highest BCUT2D eigenvalue weighted by Gasteiger charge is 2.20. The predicted octanol–water partition coefficient (Wildman–Crippen LogP) is 4.31. The lowest BCUT2D eigenvalue weighted by Crippen LogP contribution is -2.26. The van der Waals surface area contributed by atoms with Crippen LogP contribution in [0.15, 0.2) is 65.1 Å². The number of esters is 1. The molecule has 2 aromatic carbocycles. The molecular formula is C22H21NO4. The first kappa shape index (κ1) is 18.5. The first-order chi connectivity index (χ1) is 13.0. The van der Waals surface area contributed by atoms with Crippen LogP contribution in [0.1, 0.15) is 32.2 Å². The SMILES string of the molecule is COC(=O)c1cc(CN(C)C(=O)c2ccccc2-c2ccccc2)oc1C. The van der Waals surface area contributed by atoms with Gasteiger partial charge in [-0.15, -0.1) is 0 Å². The summed E-state index contributed by atoms with van der Waals surface area (Å²) in [5, 5.41) is 0. The zero-order valence-electron chi connectivity index (χ0n) is 15.6. The van der Waals surface area contributed by atoms with Crippen molar-refractivity contribution in [3.8, 4) is 11.1 Å². The highest BCUT2D eigenvalue weighted by Crippen LogP contribution is 2.25. The summed E-state index contributed by atoms with van der Waals surface area (Å²) in [7, 11) is 3.03. The number of carbonyl (C=O) groups is 2. The summed E-state index contributed by atoms with van der Waals surface area (Å²) in [4.78, 5) is 26.3. The van der Waals surface area contributed by atoms with Crippen molar-refractivity contribution >= 4 is 11.9 Å². The predicted molar refractivity (Wildman–Crippen MR) is 102 cm³/mol. The van der Waals surface area contributed by atoms with Crippen molar-refractivity contribution < 1.29 is 18.7 Å². The molecule has 0 saturated carbocycles. The van der Waals surface area contributed by atoms with Gasteiger partial charge in [-0.3, -0.25) is 4.79 Å². The molecule has 1 amide bonds. The number of furan rings is 1. The van der Waals surface area contributed by atoms with Crippen LogP contribution in [0, 0.1) is 6.92 Å². The normalized spacial score (nSPS) is 10.5. The number of nitrogens with zero attached hydrogens (tertiary/aromatic N) is 1. The molecule has 0 unspecified atom stereocenters. The van der Waals surface area contributed by atoms with Crippen molar-refractivity contribution in [2.45, 2.75) is 13.5 Å². The van der Waals surface area contributed by atoms with Gasteiger partial charge in [0.2, 0.25) is 0 Å². The number of ether oxygens (including phenoxy) is 1. The first-order valence-electron chi connectivity index (χ1n) is 8.58. The maximum Gasteiger partial charge on any atom is 0.341 e. The van der Waals surface area contributed by atoms with Crippen LogP contribution in [0.25, 0.3) is 11.1 Å². The molecule has 0 bridgehead atoms. The van der Waals surface area contributed by atoms with Gasteiger partial charge in [-0.05, 0) is 30.2 Å². The Hall–Kier alpha value is -3.34. The molecular weight excluding hydrogens is 342 g/mol. The van der Waals surface area contributed by atoms with Crippen molar-refractivity contribution in [3.05, 3.63) is 83.3 Å². The number of carbonyl (C=O) groups excluding carboxylic acids is 2. The number of aryl methyl sites for hydroxylation is 1. The molecule has 0 fully saturated rings. The molecule has 0 spiro atoms. The van der Waals surface area contributed by atoms with E-state index in [1.54, 1.807) is 24.9 Å². The van der Waals surface area contributed by atoms with Gasteiger partial charge < -0.3 is 14.1 Å². The van der Waals surface area contributed by atoms with Gasteiger partial charge in [0.05, 0.1) is 13.7 Å². The fourth-order valence-corrected chi connectivity index (χ4v) is 2.98.